The van der Waals surface area contributed by atoms with Gasteiger partial charge in [-0.05, 0) is 28.1 Å². The molecule has 0 atom stereocenters. The van der Waals surface area contributed by atoms with Gasteiger partial charge in [-0.3, -0.25) is 4.79 Å². The Bertz CT molecular complexity index is 437. The summed E-state index contributed by atoms with van der Waals surface area (Å²) in [6, 6.07) is 5.08. The lowest BCUT2D eigenvalue weighted by Gasteiger charge is -2.08. The van der Waals surface area contributed by atoms with Gasteiger partial charge in [0.15, 0.2) is 0 Å². The zero-order valence-corrected chi connectivity index (χ0v) is 9.54. The number of halogens is 1. The number of carboxylic acid groups (broad SMARTS) is 1. The van der Waals surface area contributed by atoms with E-state index in [0.29, 0.717) is 21.3 Å². The minimum atomic E-state index is -0.940. The third-order valence-electron chi connectivity index (χ3n) is 1.83. The van der Waals surface area contributed by atoms with Crippen LogP contribution in [0.1, 0.15) is 11.1 Å². The topological polar surface area (TPSA) is 70.3 Å². The first-order valence-electron chi connectivity index (χ1n) is 4.06. The van der Waals surface area contributed by atoms with Crippen molar-refractivity contribution < 1.29 is 14.6 Å². The molecule has 0 spiro atoms. The summed E-state index contributed by atoms with van der Waals surface area (Å²) in [4.78, 5) is 10.6. The van der Waals surface area contributed by atoms with Crippen LogP contribution in [-0.2, 0) is 11.2 Å². The van der Waals surface area contributed by atoms with E-state index in [-0.39, 0.29) is 6.42 Å². The number of benzene rings is 1. The van der Waals surface area contributed by atoms with Crippen molar-refractivity contribution >= 4 is 21.9 Å². The number of nitrogens with zero attached hydrogens (tertiary/aromatic N) is 1. The Morgan fingerprint density at radius 2 is 2.33 bits per heavy atom. The zero-order chi connectivity index (χ0) is 11.4. The summed E-state index contributed by atoms with van der Waals surface area (Å²) in [6.45, 7) is 0. The molecule has 1 rings (SSSR count). The van der Waals surface area contributed by atoms with Crippen LogP contribution < -0.4 is 4.74 Å². The van der Waals surface area contributed by atoms with Crippen molar-refractivity contribution in [3.8, 4) is 11.8 Å². The van der Waals surface area contributed by atoms with Crippen LogP contribution in [0.5, 0.6) is 5.75 Å². The number of carboxylic acids is 1. The van der Waals surface area contributed by atoms with Gasteiger partial charge in [0.2, 0.25) is 0 Å². The van der Waals surface area contributed by atoms with Crippen LogP contribution in [-0.4, -0.2) is 18.2 Å². The molecule has 0 aliphatic carbocycles. The molecule has 0 aliphatic rings. The highest BCUT2D eigenvalue weighted by Crippen LogP contribution is 2.27. The van der Waals surface area contributed by atoms with Gasteiger partial charge in [0.25, 0.3) is 0 Å². The van der Waals surface area contributed by atoms with Crippen molar-refractivity contribution in [2.45, 2.75) is 6.42 Å². The van der Waals surface area contributed by atoms with Crippen LogP contribution in [0.15, 0.2) is 16.6 Å². The molecule has 0 aromatic heterocycles. The molecular formula is C10H8BrNO3. The quantitative estimate of drug-likeness (QED) is 0.911. The number of aliphatic carboxylic acids is 1. The standard InChI is InChI=1S/C10H8BrNO3/c1-15-9-3-7(5-12)8(11)2-6(9)4-10(13)14/h2-3H,4H2,1H3,(H,13,14). The van der Waals surface area contributed by atoms with Gasteiger partial charge in [-0.25, -0.2) is 0 Å². The van der Waals surface area contributed by atoms with E-state index in [1.165, 1.54) is 13.2 Å². The Morgan fingerprint density at radius 3 is 2.80 bits per heavy atom. The van der Waals surface area contributed by atoms with Gasteiger partial charge >= 0.3 is 5.97 Å². The van der Waals surface area contributed by atoms with E-state index >= 15 is 0 Å². The molecule has 4 nitrogen and oxygen atoms in total. The van der Waals surface area contributed by atoms with Crippen LogP contribution in [0.2, 0.25) is 0 Å². The first kappa shape index (κ1) is 11.5. The number of rotatable bonds is 3. The van der Waals surface area contributed by atoms with Gasteiger partial charge in [-0.15, -0.1) is 0 Å². The van der Waals surface area contributed by atoms with Gasteiger partial charge in [0, 0.05) is 10.0 Å². The highest BCUT2D eigenvalue weighted by atomic mass is 79.9. The minimum absolute atomic E-state index is 0.131. The normalized spacial score (nSPS) is 9.40. The molecule has 0 radical (unpaired) electrons. The summed E-state index contributed by atoms with van der Waals surface area (Å²) >= 11 is 3.19. The third kappa shape index (κ3) is 2.70. The smallest absolute Gasteiger partial charge is 0.307 e. The molecule has 0 unspecified atom stereocenters. The summed E-state index contributed by atoms with van der Waals surface area (Å²) in [6.07, 6.45) is -0.131. The molecule has 15 heavy (non-hydrogen) atoms. The number of methoxy groups -OCH3 is 1. The predicted octanol–water partition coefficient (Wildman–Crippen LogP) is 1.96. The van der Waals surface area contributed by atoms with Gasteiger partial charge in [-0.1, -0.05) is 0 Å². The molecule has 0 aliphatic heterocycles. The van der Waals surface area contributed by atoms with Crippen LogP contribution in [0.25, 0.3) is 0 Å². The zero-order valence-electron chi connectivity index (χ0n) is 7.95. The number of carbonyl (C=O) groups is 1. The average Bonchev–Trinajstić information content (AvgIpc) is 2.17. The second-order valence-corrected chi connectivity index (χ2v) is 3.68. The Balaban J connectivity index is 3.22. The summed E-state index contributed by atoms with van der Waals surface area (Å²) in [7, 11) is 1.44. The van der Waals surface area contributed by atoms with E-state index in [1.54, 1.807) is 6.07 Å². The van der Waals surface area contributed by atoms with E-state index in [2.05, 4.69) is 15.9 Å². The monoisotopic (exact) mass is 269 g/mol. The Hall–Kier alpha value is -1.54. The van der Waals surface area contributed by atoms with Crippen molar-refractivity contribution in [3.05, 3.63) is 27.7 Å². The van der Waals surface area contributed by atoms with Crippen LogP contribution in [0.3, 0.4) is 0 Å². The number of nitriles is 1. The number of hydrogen-bond donors (Lipinski definition) is 1. The van der Waals surface area contributed by atoms with E-state index in [9.17, 15) is 4.79 Å². The lowest BCUT2D eigenvalue weighted by Crippen LogP contribution is -2.03. The maximum Gasteiger partial charge on any atom is 0.307 e. The molecule has 0 fully saturated rings. The van der Waals surface area contributed by atoms with Gasteiger partial charge in [0.1, 0.15) is 11.8 Å². The van der Waals surface area contributed by atoms with Gasteiger partial charge in [-0.2, -0.15) is 5.26 Å². The summed E-state index contributed by atoms with van der Waals surface area (Å²) in [5.74, 6) is -0.526. The molecule has 0 saturated heterocycles. The summed E-state index contributed by atoms with van der Waals surface area (Å²) in [5, 5.41) is 17.4. The fourth-order valence-corrected chi connectivity index (χ4v) is 1.65. The van der Waals surface area contributed by atoms with Gasteiger partial charge < -0.3 is 9.84 Å². The van der Waals surface area contributed by atoms with E-state index in [4.69, 9.17) is 15.1 Å². The van der Waals surface area contributed by atoms with Crippen LogP contribution in [0.4, 0.5) is 0 Å². The van der Waals surface area contributed by atoms with Crippen molar-refractivity contribution in [1.82, 2.24) is 0 Å². The largest absolute Gasteiger partial charge is 0.496 e. The molecule has 0 amide bonds. The maximum atomic E-state index is 10.6. The lowest BCUT2D eigenvalue weighted by atomic mass is 10.1. The Morgan fingerprint density at radius 1 is 1.67 bits per heavy atom. The fourth-order valence-electron chi connectivity index (χ4n) is 1.17. The summed E-state index contributed by atoms with van der Waals surface area (Å²) in [5.41, 5.74) is 0.955. The van der Waals surface area contributed by atoms with E-state index in [1.807, 2.05) is 6.07 Å². The molecule has 1 aromatic carbocycles. The van der Waals surface area contributed by atoms with Crippen molar-refractivity contribution in [2.24, 2.45) is 0 Å². The third-order valence-corrected chi connectivity index (χ3v) is 2.49. The molecular weight excluding hydrogens is 262 g/mol. The predicted molar refractivity (Wildman–Crippen MR) is 56.7 cm³/mol. The highest BCUT2D eigenvalue weighted by Gasteiger charge is 2.11. The Kier molecular flexibility index (Phi) is 3.69. The van der Waals surface area contributed by atoms with Crippen molar-refractivity contribution in [2.75, 3.05) is 7.11 Å². The fraction of sp³-hybridized carbons (Fsp3) is 0.200. The molecule has 0 saturated carbocycles. The van der Waals surface area contributed by atoms with Crippen molar-refractivity contribution in [1.29, 1.82) is 5.26 Å². The van der Waals surface area contributed by atoms with Gasteiger partial charge in [0.05, 0.1) is 19.1 Å². The molecule has 0 heterocycles. The Labute approximate surface area is 95.2 Å². The first-order valence-corrected chi connectivity index (χ1v) is 4.86. The first-order chi connectivity index (χ1) is 7.08. The molecule has 1 N–H and O–H groups in total. The van der Waals surface area contributed by atoms with E-state index in [0.717, 1.165) is 0 Å². The van der Waals surface area contributed by atoms with Crippen LogP contribution in [0, 0.1) is 11.3 Å². The number of ether oxygens (including phenoxy) is 1. The maximum absolute atomic E-state index is 10.6. The second kappa shape index (κ2) is 4.80. The second-order valence-electron chi connectivity index (χ2n) is 2.83. The highest BCUT2D eigenvalue weighted by molar-refractivity contribution is 9.10. The minimum Gasteiger partial charge on any atom is -0.496 e. The molecule has 5 heteroatoms. The lowest BCUT2D eigenvalue weighted by molar-refractivity contribution is -0.136. The molecule has 1 aromatic rings. The SMILES string of the molecule is COc1cc(C#N)c(Br)cc1CC(=O)O. The summed E-state index contributed by atoms with van der Waals surface area (Å²) < 4.78 is 5.58. The van der Waals surface area contributed by atoms with Crippen molar-refractivity contribution in [3.63, 3.8) is 0 Å². The molecule has 78 valence electrons. The average molecular weight is 270 g/mol. The van der Waals surface area contributed by atoms with E-state index < -0.39 is 5.97 Å². The number of hydrogen-bond acceptors (Lipinski definition) is 3. The van der Waals surface area contributed by atoms with Crippen LogP contribution >= 0.6 is 15.9 Å². The molecule has 0 bridgehead atoms.